The summed E-state index contributed by atoms with van der Waals surface area (Å²) in [5.41, 5.74) is 6.48. The summed E-state index contributed by atoms with van der Waals surface area (Å²) in [7, 11) is 0. The van der Waals surface area contributed by atoms with Crippen LogP contribution in [0.1, 0.15) is 56.1 Å². The highest BCUT2D eigenvalue weighted by Crippen LogP contribution is 2.43. The van der Waals surface area contributed by atoms with Gasteiger partial charge in [0.25, 0.3) is 0 Å². The minimum absolute atomic E-state index is 0.247. The lowest BCUT2D eigenvalue weighted by atomic mass is 9.89. The number of carbonyl (C=O) groups is 2. The normalized spacial score (nSPS) is 14.6. The maximum Gasteiger partial charge on any atom is 0.410 e. The average molecular weight is 627 g/mol. The first-order valence-corrected chi connectivity index (χ1v) is 16.2. The smallest absolute Gasteiger partial charge is 0.410 e. The Kier molecular flexibility index (Phi) is 10.0. The first kappa shape index (κ1) is 33.0. The van der Waals surface area contributed by atoms with E-state index in [-0.39, 0.29) is 18.7 Å². The van der Waals surface area contributed by atoms with E-state index in [1.165, 1.54) is 0 Å². The van der Waals surface area contributed by atoms with Crippen LogP contribution in [0.2, 0.25) is 0 Å². The van der Waals surface area contributed by atoms with E-state index in [0.717, 1.165) is 56.4 Å². The molecule has 9 nitrogen and oxygen atoms in total. The second-order valence-corrected chi connectivity index (χ2v) is 12.8. The van der Waals surface area contributed by atoms with Gasteiger partial charge in [-0.25, -0.2) is 9.59 Å². The molecule has 46 heavy (non-hydrogen) atoms. The molecule has 0 atom stereocenters. The number of nitrogens with one attached hydrogen (secondary N) is 1. The Morgan fingerprint density at radius 2 is 1.70 bits per heavy atom. The number of carbonyl (C=O) groups excluding carboxylic acids is 2. The predicted octanol–water partition coefficient (Wildman–Crippen LogP) is 6.88. The van der Waals surface area contributed by atoms with Gasteiger partial charge >= 0.3 is 12.1 Å². The van der Waals surface area contributed by atoms with Gasteiger partial charge < -0.3 is 24.1 Å². The topological polar surface area (TPSA) is 96.6 Å². The van der Waals surface area contributed by atoms with Crippen LogP contribution in [0, 0.1) is 13.8 Å². The third-order valence-electron chi connectivity index (χ3n) is 8.16. The van der Waals surface area contributed by atoms with Crippen LogP contribution < -0.4 is 10.7 Å². The van der Waals surface area contributed by atoms with Gasteiger partial charge in [-0.05, 0) is 83.4 Å². The van der Waals surface area contributed by atoms with Crippen LogP contribution in [0.3, 0.4) is 0 Å². The molecule has 1 saturated heterocycles. The molecule has 1 N–H and O–H groups in total. The molecule has 5 rings (SSSR count). The van der Waals surface area contributed by atoms with Gasteiger partial charge in [0, 0.05) is 80.1 Å². The van der Waals surface area contributed by atoms with Gasteiger partial charge in [-0.2, -0.15) is 0 Å². The number of esters is 1. The van der Waals surface area contributed by atoms with Crippen LogP contribution in [0.5, 0.6) is 0 Å². The fourth-order valence-electron chi connectivity index (χ4n) is 5.91. The lowest BCUT2D eigenvalue weighted by molar-refractivity contribution is 0.0121. The fraction of sp³-hybridized carbons (Fsp3) is 0.432. The summed E-state index contributed by atoms with van der Waals surface area (Å²) in [6, 6.07) is 15.9. The van der Waals surface area contributed by atoms with E-state index >= 15 is 0 Å². The maximum absolute atomic E-state index is 13.7. The van der Waals surface area contributed by atoms with Crippen molar-refractivity contribution in [2.45, 2.75) is 54.1 Å². The molecular weight excluding hydrogens is 580 g/mol. The van der Waals surface area contributed by atoms with E-state index in [0.29, 0.717) is 50.6 Å². The monoisotopic (exact) mass is 626 g/mol. The predicted molar refractivity (Wildman–Crippen MR) is 183 cm³/mol. The molecule has 0 saturated carbocycles. The summed E-state index contributed by atoms with van der Waals surface area (Å²) >= 11 is 0. The number of fused-ring (bicyclic) bond motifs is 2. The average Bonchev–Trinajstić information content (AvgIpc) is 3.01. The van der Waals surface area contributed by atoms with Crippen molar-refractivity contribution in [1.82, 2.24) is 9.80 Å². The number of benzene rings is 3. The van der Waals surface area contributed by atoms with Crippen LogP contribution >= 0.6 is 0 Å². The standard InChI is InChI=1S/C37H46N4O5/c1-8-38-30-22-32-28(20-24(30)3)34(29-21-25(4)31(39-9-2)23-33(29)45-32)26-12-10-11-13-27(26)35(42)44-19-18-40-14-16-41(17-15-40)36(43)46-37(5,6)7/h10-13,20-23,38H,8-9,14-19H2,1-7H3. The zero-order valence-electron chi connectivity index (χ0n) is 28.2. The minimum atomic E-state index is -0.521. The van der Waals surface area contributed by atoms with Crippen molar-refractivity contribution in [2.75, 3.05) is 57.7 Å². The maximum atomic E-state index is 13.7. The second-order valence-electron chi connectivity index (χ2n) is 12.8. The van der Waals surface area contributed by atoms with Crippen molar-refractivity contribution in [1.29, 1.82) is 0 Å². The zero-order chi connectivity index (χ0) is 33.0. The van der Waals surface area contributed by atoms with Crippen molar-refractivity contribution >= 4 is 28.7 Å². The van der Waals surface area contributed by atoms with E-state index < -0.39 is 5.60 Å². The number of amides is 1. The molecule has 2 heterocycles. The molecule has 0 bridgehead atoms. The number of nitrogens with zero attached hydrogens (tertiary/aromatic N) is 3. The Bertz CT molecular complexity index is 1760. The molecule has 0 spiro atoms. The van der Waals surface area contributed by atoms with Crippen molar-refractivity contribution in [3.05, 3.63) is 70.6 Å². The minimum Gasteiger partial charge on any atom is -0.461 e. The lowest BCUT2D eigenvalue weighted by Crippen LogP contribution is -2.50. The first-order valence-electron chi connectivity index (χ1n) is 16.2. The van der Waals surface area contributed by atoms with Gasteiger partial charge in [-0.15, -0.1) is 0 Å². The number of anilines is 1. The summed E-state index contributed by atoms with van der Waals surface area (Å²) in [5, 5.41) is 5.25. The summed E-state index contributed by atoms with van der Waals surface area (Å²) in [6.45, 7) is 18.7. The van der Waals surface area contributed by atoms with E-state index in [1.54, 1.807) is 4.90 Å². The Balaban J connectivity index is 1.42. The van der Waals surface area contributed by atoms with Gasteiger partial charge in [0.05, 0.1) is 10.9 Å². The third kappa shape index (κ3) is 7.36. The SMILES string of the molecule is CCN=c1cc2oc3cc(NCC)c(C)cc3c(-c3ccccc3C(=O)OCCN3CCN(C(=O)OC(C)(C)C)CC3)c-2cc1C. The van der Waals surface area contributed by atoms with E-state index in [1.807, 2.05) is 64.1 Å². The second kappa shape index (κ2) is 14.0. The highest BCUT2D eigenvalue weighted by molar-refractivity contribution is 6.08. The number of hydrogen-bond donors (Lipinski definition) is 1. The number of piperazine rings is 1. The molecule has 0 unspecified atom stereocenters. The number of ether oxygens (including phenoxy) is 2. The van der Waals surface area contributed by atoms with Crippen LogP contribution in [-0.4, -0.2) is 79.9 Å². The van der Waals surface area contributed by atoms with E-state index in [9.17, 15) is 9.59 Å². The van der Waals surface area contributed by atoms with Crippen molar-refractivity contribution in [3.63, 3.8) is 0 Å². The molecule has 0 aromatic heterocycles. The summed E-state index contributed by atoms with van der Waals surface area (Å²) < 4.78 is 17.9. The van der Waals surface area contributed by atoms with Crippen molar-refractivity contribution in [3.8, 4) is 22.5 Å². The summed E-state index contributed by atoms with van der Waals surface area (Å²) in [5.74, 6) is 0.334. The molecule has 9 heteroatoms. The van der Waals surface area contributed by atoms with Gasteiger partial charge in [0.2, 0.25) is 0 Å². The van der Waals surface area contributed by atoms with E-state index in [2.05, 4.69) is 48.1 Å². The first-order chi connectivity index (χ1) is 22.0. The summed E-state index contributed by atoms with van der Waals surface area (Å²) in [4.78, 5) is 34.7. The quantitative estimate of drug-likeness (QED) is 0.168. The van der Waals surface area contributed by atoms with Gasteiger partial charge in [0.1, 0.15) is 23.6 Å². The molecule has 2 aliphatic heterocycles. The Morgan fingerprint density at radius 3 is 2.39 bits per heavy atom. The third-order valence-corrected chi connectivity index (χ3v) is 8.16. The van der Waals surface area contributed by atoms with E-state index in [4.69, 9.17) is 13.9 Å². The van der Waals surface area contributed by atoms with Gasteiger partial charge in [-0.1, -0.05) is 18.2 Å². The van der Waals surface area contributed by atoms with Crippen LogP contribution in [0.15, 0.2) is 57.9 Å². The molecule has 1 amide bonds. The number of hydrogen-bond acceptors (Lipinski definition) is 8. The highest BCUT2D eigenvalue weighted by Gasteiger charge is 2.27. The molecule has 1 aliphatic carbocycles. The van der Waals surface area contributed by atoms with Crippen molar-refractivity contribution in [2.24, 2.45) is 4.99 Å². The molecule has 1 fully saturated rings. The largest absolute Gasteiger partial charge is 0.461 e. The molecular formula is C37H46N4O5. The molecule has 2 aromatic rings. The fourth-order valence-corrected chi connectivity index (χ4v) is 5.91. The Morgan fingerprint density at radius 1 is 0.957 bits per heavy atom. The molecule has 3 aliphatic rings. The van der Waals surface area contributed by atoms with Crippen LogP contribution in [-0.2, 0) is 9.47 Å². The lowest BCUT2D eigenvalue weighted by Gasteiger charge is -2.35. The van der Waals surface area contributed by atoms with Gasteiger partial charge in [-0.3, -0.25) is 9.89 Å². The Labute approximate surface area is 271 Å². The zero-order valence-corrected chi connectivity index (χ0v) is 28.2. The number of aryl methyl sites for hydroxylation is 2. The highest BCUT2D eigenvalue weighted by atomic mass is 16.6. The van der Waals surface area contributed by atoms with Crippen LogP contribution in [0.25, 0.3) is 33.4 Å². The van der Waals surface area contributed by atoms with Crippen molar-refractivity contribution < 1.29 is 23.5 Å². The molecule has 0 radical (unpaired) electrons. The Hall–Kier alpha value is -4.37. The molecule has 244 valence electrons. The van der Waals surface area contributed by atoms with Gasteiger partial charge in [0.15, 0.2) is 0 Å². The molecule has 2 aromatic carbocycles. The summed E-state index contributed by atoms with van der Waals surface area (Å²) in [6.07, 6.45) is -0.289. The van der Waals surface area contributed by atoms with Crippen LogP contribution in [0.4, 0.5) is 10.5 Å². The number of rotatable bonds is 8.